The van der Waals surface area contributed by atoms with Crippen LogP contribution in [0.5, 0.6) is 11.5 Å². The van der Waals surface area contributed by atoms with Crippen molar-refractivity contribution in [3.8, 4) is 23.0 Å². The lowest BCUT2D eigenvalue weighted by molar-refractivity contribution is -0.129. The number of piperazine rings is 1. The molecule has 0 aliphatic carbocycles. The lowest BCUT2D eigenvalue weighted by Gasteiger charge is -2.41. The van der Waals surface area contributed by atoms with Gasteiger partial charge in [0.05, 0.1) is 25.7 Å². The van der Waals surface area contributed by atoms with Gasteiger partial charge in [-0.25, -0.2) is 4.98 Å². The van der Waals surface area contributed by atoms with E-state index in [0.717, 1.165) is 12.1 Å². The molecule has 1 aromatic heterocycles. The Bertz CT molecular complexity index is 1260. The minimum Gasteiger partial charge on any atom is -0.493 e. The summed E-state index contributed by atoms with van der Waals surface area (Å²) in [6, 6.07) is 14.0. The second-order valence-corrected chi connectivity index (χ2v) is 10.5. The maximum absolute atomic E-state index is 12.9. The van der Waals surface area contributed by atoms with Gasteiger partial charge in [0.1, 0.15) is 11.5 Å². The molecule has 1 aliphatic rings. The largest absolute Gasteiger partial charge is 0.493 e. The van der Waals surface area contributed by atoms with Crippen LogP contribution in [0.1, 0.15) is 23.9 Å². The summed E-state index contributed by atoms with van der Waals surface area (Å²) < 4.78 is 29.4. The van der Waals surface area contributed by atoms with Crippen molar-refractivity contribution in [1.29, 1.82) is 0 Å². The number of carbonyl (C=O) groups excluding carboxylic acids is 1. The minimum absolute atomic E-state index is 0.0326. The molecule has 0 unspecified atom stereocenters. The molecule has 0 bridgehead atoms. The van der Waals surface area contributed by atoms with E-state index in [1.807, 2.05) is 11.0 Å². The predicted molar refractivity (Wildman–Crippen MR) is 141 cm³/mol. The average Bonchev–Trinajstić information content (AvgIpc) is 3.23. The predicted octanol–water partition coefficient (Wildman–Crippen LogP) is 3.96. The molecule has 0 spiro atoms. The quantitative estimate of drug-likeness (QED) is 0.453. The fourth-order valence-corrected chi connectivity index (χ4v) is 5.59. The molecular weight excluding hydrogens is 478 g/mol. The Morgan fingerprint density at radius 2 is 1.89 bits per heavy atom. The number of nitrogens with zero attached hydrogens (tertiary/aromatic N) is 3. The van der Waals surface area contributed by atoms with E-state index >= 15 is 0 Å². The van der Waals surface area contributed by atoms with Crippen molar-refractivity contribution >= 4 is 22.4 Å². The fraction of sp³-hybridized carbons (Fsp3) is 0.407. The molecule has 0 radical (unpaired) electrons. The highest BCUT2D eigenvalue weighted by Gasteiger charge is 2.28. The van der Waals surface area contributed by atoms with E-state index in [0.29, 0.717) is 41.9 Å². The lowest BCUT2D eigenvalue weighted by atomic mass is 10.1. The summed E-state index contributed by atoms with van der Waals surface area (Å²) in [5.41, 5.74) is 3.70. The van der Waals surface area contributed by atoms with Gasteiger partial charge in [-0.3, -0.25) is 9.00 Å². The zero-order valence-electron chi connectivity index (χ0n) is 21.4. The van der Waals surface area contributed by atoms with Gasteiger partial charge in [0.25, 0.3) is 0 Å². The maximum atomic E-state index is 12.9. The first-order valence-electron chi connectivity index (χ1n) is 11.9. The van der Waals surface area contributed by atoms with Gasteiger partial charge in [-0.1, -0.05) is 12.1 Å². The molecule has 2 heterocycles. The number of anilines is 1. The van der Waals surface area contributed by atoms with Crippen molar-refractivity contribution < 1.29 is 22.9 Å². The van der Waals surface area contributed by atoms with E-state index < -0.39 is 10.8 Å². The molecule has 1 fully saturated rings. The molecule has 1 aliphatic heterocycles. The summed E-state index contributed by atoms with van der Waals surface area (Å²) in [5.74, 6) is 2.21. The number of hydrogen-bond donors (Lipinski definition) is 0. The number of aryl methyl sites for hydroxylation is 2. The fourth-order valence-electron chi connectivity index (χ4n) is 4.46. The van der Waals surface area contributed by atoms with Crippen LogP contribution in [0.3, 0.4) is 0 Å². The molecule has 0 saturated carbocycles. The smallest absolute Gasteiger partial charge is 0.235 e. The number of carbonyl (C=O) groups is 1. The highest BCUT2D eigenvalue weighted by Crippen LogP contribution is 2.32. The standard InChI is InChI=1S/C27H33N3O5S/c1-18-7-6-8-22(13-18)30-12-11-29(15-19(30)2)26(31)17-36(32)16-23-20(3)35-27(28-23)21-9-10-24(33-4)25(14-21)34-5/h6-10,13-14,19H,11-12,15-17H2,1-5H3/t19-,36-/m0/s1. The first kappa shape index (κ1) is 25.8. The zero-order valence-corrected chi connectivity index (χ0v) is 22.3. The Hall–Kier alpha value is -3.33. The second kappa shape index (κ2) is 11.2. The molecule has 9 heteroatoms. The van der Waals surface area contributed by atoms with Crippen molar-refractivity contribution in [2.75, 3.05) is 44.5 Å². The minimum atomic E-state index is -1.40. The van der Waals surface area contributed by atoms with Crippen LogP contribution in [0.2, 0.25) is 0 Å². The van der Waals surface area contributed by atoms with Gasteiger partial charge in [-0.15, -0.1) is 0 Å². The van der Waals surface area contributed by atoms with E-state index in [2.05, 4.69) is 48.0 Å². The molecule has 8 nitrogen and oxygen atoms in total. The number of aromatic nitrogens is 1. The van der Waals surface area contributed by atoms with Crippen LogP contribution in [0, 0.1) is 13.8 Å². The van der Waals surface area contributed by atoms with E-state index in [1.165, 1.54) is 11.3 Å². The van der Waals surface area contributed by atoms with Crippen LogP contribution in [0.15, 0.2) is 46.9 Å². The van der Waals surface area contributed by atoms with Crippen LogP contribution in [-0.4, -0.2) is 65.6 Å². The maximum Gasteiger partial charge on any atom is 0.235 e. The van der Waals surface area contributed by atoms with E-state index in [1.54, 1.807) is 33.3 Å². The van der Waals surface area contributed by atoms with Gasteiger partial charge in [0, 0.05) is 47.7 Å². The monoisotopic (exact) mass is 511 g/mol. The molecule has 4 rings (SSSR count). The van der Waals surface area contributed by atoms with E-state index in [9.17, 15) is 9.00 Å². The molecule has 1 saturated heterocycles. The summed E-state index contributed by atoms with van der Waals surface area (Å²) in [4.78, 5) is 21.6. The lowest BCUT2D eigenvalue weighted by Crippen LogP contribution is -2.54. The average molecular weight is 512 g/mol. The molecule has 0 N–H and O–H groups in total. The van der Waals surface area contributed by atoms with Gasteiger partial charge >= 0.3 is 0 Å². The SMILES string of the molecule is COc1ccc(-c2nc(C[S@](=O)CC(=O)N3CCN(c4cccc(C)c4)[C@@H](C)C3)c(C)o2)cc1OC. The first-order valence-corrected chi connectivity index (χ1v) is 13.4. The number of hydrogen-bond acceptors (Lipinski definition) is 7. The van der Waals surface area contributed by atoms with Crippen LogP contribution < -0.4 is 14.4 Å². The van der Waals surface area contributed by atoms with E-state index in [4.69, 9.17) is 13.9 Å². The van der Waals surface area contributed by atoms with Gasteiger partial charge < -0.3 is 23.7 Å². The highest BCUT2D eigenvalue weighted by molar-refractivity contribution is 7.84. The van der Waals surface area contributed by atoms with Gasteiger partial charge in [-0.2, -0.15) is 0 Å². The molecule has 3 aromatic rings. The van der Waals surface area contributed by atoms with Crippen molar-refractivity contribution in [2.45, 2.75) is 32.6 Å². The summed E-state index contributed by atoms with van der Waals surface area (Å²) >= 11 is 0. The van der Waals surface area contributed by atoms with Crippen molar-refractivity contribution in [3.05, 3.63) is 59.5 Å². The van der Waals surface area contributed by atoms with Gasteiger partial charge in [0.15, 0.2) is 11.5 Å². The molecule has 2 aromatic carbocycles. The molecule has 192 valence electrons. The van der Waals surface area contributed by atoms with Crippen LogP contribution in [0.4, 0.5) is 5.69 Å². The van der Waals surface area contributed by atoms with Crippen LogP contribution >= 0.6 is 0 Å². The third kappa shape index (κ3) is 5.73. The number of benzene rings is 2. The molecule has 2 atom stereocenters. The van der Waals surface area contributed by atoms with Gasteiger partial charge in [-0.05, 0) is 56.7 Å². The summed E-state index contributed by atoms with van der Waals surface area (Å²) in [6.07, 6.45) is 0. The molecular formula is C27H33N3O5S. The highest BCUT2D eigenvalue weighted by atomic mass is 32.2. The number of amides is 1. The van der Waals surface area contributed by atoms with Gasteiger partial charge in [0.2, 0.25) is 11.8 Å². The summed E-state index contributed by atoms with van der Waals surface area (Å²) in [7, 11) is 1.74. The Kier molecular flexibility index (Phi) is 7.98. The van der Waals surface area contributed by atoms with E-state index in [-0.39, 0.29) is 23.5 Å². The Morgan fingerprint density at radius 1 is 1.11 bits per heavy atom. The normalized spacial score (nSPS) is 16.6. The number of oxazole rings is 1. The van der Waals surface area contributed by atoms with Crippen LogP contribution in [0.25, 0.3) is 11.5 Å². The van der Waals surface area contributed by atoms with Crippen molar-refractivity contribution in [3.63, 3.8) is 0 Å². The first-order chi connectivity index (χ1) is 17.3. The Morgan fingerprint density at radius 3 is 2.58 bits per heavy atom. The summed E-state index contributed by atoms with van der Waals surface area (Å²) in [5, 5.41) is 0. The third-order valence-corrected chi connectivity index (χ3v) is 7.58. The number of ether oxygens (including phenoxy) is 2. The number of rotatable bonds is 8. The summed E-state index contributed by atoms with van der Waals surface area (Å²) in [6.45, 7) is 7.96. The Balaban J connectivity index is 1.36. The molecule has 36 heavy (non-hydrogen) atoms. The third-order valence-electron chi connectivity index (χ3n) is 6.42. The second-order valence-electron chi connectivity index (χ2n) is 9.04. The van der Waals surface area contributed by atoms with Crippen LogP contribution in [-0.2, 0) is 21.3 Å². The molecule has 1 amide bonds. The Labute approximate surface area is 214 Å². The van der Waals surface area contributed by atoms with Crippen molar-refractivity contribution in [2.24, 2.45) is 0 Å². The number of methoxy groups -OCH3 is 2. The topological polar surface area (TPSA) is 85.1 Å². The van der Waals surface area contributed by atoms with Crippen molar-refractivity contribution in [1.82, 2.24) is 9.88 Å². The zero-order chi connectivity index (χ0) is 25.8.